The van der Waals surface area contributed by atoms with Crippen LogP contribution in [0.5, 0.6) is 0 Å². The van der Waals surface area contributed by atoms with Gasteiger partial charge >= 0.3 is 0 Å². The van der Waals surface area contributed by atoms with Gasteiger partial charge in [0.1, 0.15) is 11.6 Å². The lowest BCUT2D eigenvalue weighted by Crippen LogP contribution is -1.93. The Morgan fingerprint density at radius 3 is 1.05 bits per heavy atom. The maximum Gasteiger partial charge on any atom is 0.123 e. The summed E-state index contributed by atoms with van der Waals surface area (Å²) in [5.74, 6) is -0.500. The van der Waals surface area contributed by atoms with E-state index in [1.54, 1.807) is 0 Å². The molecule has 0 aliphatic heterocycles. The molecule has 0 N–H and O–H groups in total. The van der Waals surface area contributed by atoms with Gasteiger partial charge in [-0.1, -0.05) is 67.2 Å². The molecule has 3 heterocycles. The standard InChI is InChI=1S/C50H31F2N3/c1-2-53-45-23-11-31(33-13-25-49-41(27-33)39-7-3-5-9-47(39)54(49)37-19-15-35(51)16-20-37)29-43(45)44-30-32(12-24-46(44)53)34-14-26-50-42(28-34)40-8-4-6-10-48(40)55(50)38-21-17-36(52)18-22-38/h2-30H,1H2. The van der Waals surface area contributed by atoms with Crippen molar-refractivity contribution >= 4 is 71.6 Å². The van der Waals surface area contributed by atoms with Gasteiger partial charge in [-0.2, -0.15) is 0 Å². The van der Waals surface area contributed by atoms with Crippen LogP contribution < -0.4 is 0 Å². The Morgan fingerprint density at radius 1 is 0.345 bits per heavy atom. The molecule has 0 fully saturated rings. The van der Waals surface area contributed by atoms with Gasteiger partial charge in [0.2, 0.25) is 0 Å². The lowest BCUT2D eigenvalue weighted by molar-refractivity contribution is 0.627. The third-order valence-electron chi connectivity index (χ3n) is 11.2. The molecular weight excluding hydrogens is 681 g/mol. The van der Waals surface area contributed by atoms with E-state index in [1.165, 1.54) is 24.3 Å². The topological polar surface area (TPSA) is 14.8 Å². The van der Waals surface area contributed by atoms with Crippen LogP contribution in [0.15, 0.2) is 176 Å². The molecule has 0 aliphatic carbocycles. The van der Waals surface area contributed by atoms with E-state index in [0.717, 1.165) is 99.0 Å². The van der Waals surface area contributed by atoms with Crippen molar-refractivity contribution in [2.75, 3.05) is 0 Å². The number of fused-ring (bicyclic) bond motifs is 9. The minimum absolute atomic E-state index is 0.250. The minimum Gasteiger partial charge on any atom is -0.317 e. The maximum absolute atomic E-state index is 13.9. The predicted molar refractivity (Wildman–Crippen MR) is 225 cm³/mol. The summed E-state index contributed by atoms with van der Waals surface area (Å²) in [7, 11) is 0. The zero-order chi connectivity index (χ0) is 36.8. The van der Waals surface area contributed by atoms with Gasteiger partial charge in [-0.25, -0.2) is 8.78 Å². The molecule has 55 heavy (non-hydrogen) atoms. The second kappa shape index (κ2) is 11.9. The van der Waals surface area contributed by atoms with E-state index in [9.17, 15) is 8.78 Å². The molecule has 0 atom stereocenters. The molecular formula is C50H31F2N3. The highest BCUT2D eigenvalue weighted by molar-refractivity contribution is 6.14. The summed E-state index contributed by atoms with van der Waals surface area (Å²) >= 11 is 0. The number of para-hydroxylation sites is 2. The first kappa shape index (κ1) is 31.3. The smallest absolute Gasteiger partial charge is 0.123 e. The Morgan fingerprint density at radius 2 is 0.673 bits per heavy atom. The second-order valence-corrected chi connectivity index (χ2v) is 14.1. The summed E-state index contributed by atoms with van der Waals surface area (Å²) in [5, 5.41) is 6.88. The lowest BCUT2D eigenvalue weighted by Gasteiger charge is -2.09. The molecule has 3 nitrogen and oxygen atoms in total. The average molecular weight is 712 g/mol. The normalized spacial score (nSPS) is 11.9. The Labute approximate surface area is 314 Å². The Bertz CT molecular complexity index is 3120. The molecule has 3 aromatic heterocycles. The van der Waals surface area contributed by atoms with Crippen LogP contribution in [0.2, 0.25) is 0 Å². The van der Waals surface area contributed by atoms with Crippen molar-refractivity contribution < 1.29 is 8.78 Å². The first-order valence-electron chi connectivity index (χ1n) is 18.3. The first-order chi connectivity index (χ1) is 27.0. The Kier molecular flexibility index (Phi) is 6.76. The number of halogens is 2. The number of aromatic nitrogens is 3. The van der Waals surface area contributed by atoms with Crippen molar-refractivity contribution in [3.8, 4) is 33.6 Å². The average Bonchev–Trinajstić information content (AvgIpc) is 3.86. The number of nitrogens with zero attached hydrogens (tertiary/aromatic N) is 3. The number of hydrogen-bond acceptors (Lipinski definition) is 0. The molecule has 0 radical (unpaired) electrons. The van der Waals surface area contributed by atoms with E-state index in [4.69, 9.17) is 0 Å². The van der Waals surface area contributed by atoms with Gasteiger partial charge in [0.15, 0.2) is 0 Å². The van der Waals surface area contributed by atoms with Gasteiger partial charge in [0.05, 0.1) is 33.1 Å². The predicted octanol–water partition coefficient (Wildman–Crippen LogP) is 13.7. The molecule has 260 valence electrons. The van der Waals surface area contributed by atoms with E-state index in [2.05, 4.69) is 129 Å². The fourth-order valence-electron chi connectivity index (χ4n) is 8.65. The van der Waals surface area contributed by atoms with Crippen LogP contribution >= 0.6 is 0 Å². The zero-order valence-corrected chi connectivity index (χ0v) is 29.5. The van der Waals surface area contributed by atoms with Crippen LogP contribution in [-0.4, -0.2) is 13.7 Å². The largest absolute Gasteiger partial charge is 0.317 e. The molecule has 11 rings (SSSR count). The van der Waals surface area contributed by atoms with Gasteiger partial charge < -0.3 is 13.7 Å². The quantitative estimate of drug-likeness (QED) is 0.169. The van der Waals surface area contributed by atoms with Crippen molar-refractivity contribution in [2.45, 2.75) is 0 Å². The first-order valence-corrected chi connectivity index (χ1v) is 18.3. The monoisotopic (exact) mass is 711 g/mol. The summed E-state index contributed by atoms with van der Waals surface area (Å²) in [6, 6.07) is 56.7. The zero-order valence-electron chi connectivity index (χ0n) is 29.5. The van der Waals surface area contributed by atoms with Crippen LogP contribution in [0.25, 0.3) is 105 Å². The molecule has 0 unspecified atom stereocenters. The van der Waals surface area contributed by atoms with Crippen LogP contribution in [-0.2, 0) is 0 Å². The molecule has 0 saturated heterocycles. The summed E-state index contributed by atoms with van der Waals surface area (Å²) in [6.07, 6.45) is 1.89. The highest BCUT2D eigenvalue weighted by Crippen LogP contribution is 2.40. The minimum atomic E-state index is -0.250. The summed E-state index contributed by atoms with van der Waals surface area (Å²) < 4.78 is 34.3. The lowest BCUT2D eigenvalue weighted by atomic mass is 9.98. The van der Waals surface area contributed by atoms with Crippen molar-refractivity contribution in [2.24, 2.45) is 0 Å². The van der Waals surface area contributed by atoms with Gasteiger partial charge in [0.25, 0.3) is 0 Å². The van der Waals surface area contributed by atoms with Crippen molar-refractivity contribution in [1.29, 1.82) is 0 Å². The van der Waals surface area contributed by atoms with Crippen molar-refractivity contribution in [3.05, 3.63) is 188 Å². The molecule has 0 spiro atoms. The van der Waals surface area contributed by atoms with Gasteiger partial charge in [-0.3, -0.25) is 0 Å². The number of hydrogen-bond donors (Lipinski definition) is 0. The van der Waals surface area contributed by atoms with Crippen molar-refractivity contribution in [3.63, 3.8) is 0 Å². The molecule has 11 aromatic rings. The maximum atomic E-state index is 13.9. The van der Waals surface area contributed by atoms with E-state index in [0.29, 0.717) is 0 Å². The van der Waals surface area contributed by atoms with E-state index < -0.39 is 0 Å². The molecule has 5 heteroatoms. The van der Waals surface area contributed by atoms with Crippen LogP contribution in [0.3, 0.4) is 0 Å². The van der Waals surface area contributed by atoms with Gasteiger partial charge in [-0.05, 0) is 131 Å². The van der Waals surface area contributed by atoms with Crippen LogP contribution in [0.4, 0.5) is 8.78 Å². The second-order valence-electron chi connectivity index (χ2n) is 14.1. The summed E-state index contributed by atoms with van der Waals surface area (Å²) in [5.41, 5.74) is 12.8. The van der Waals surface area contributed by atoms with Crippen LogP contribution in [0.1, 0.15) is 0 Å². The Hall–Kier alpha value is -7.24. The SMILES string of the molecule is C=Cn1c2ccc(-c3ccc4c(c3)c3ccccc3n4-c3ccc(F)cc3)cc2c2cc(-c3ccc4c(c3)c3ccccc3n4-c3ccc(F)cc3)ccc21. The van der Waals surface area contributed by atoms with Gasteiger partial charge in [0, 0.05) is 49.9 Å². The third-order valence-corrected chi connectivity index (χ3v) is 11.2. The highest BCUT2D eigenvalue weighted by Gasteiger charge is 2.17. The van der Waals surface area contributed by atoms with Crippen molar-refractivity contribution in [1.82, 2.24) is 13.7 Å². The molecule has 0 aliphatic rings. The number of rotatable bonds is 5. The number of benzene rings is 8. The van der Waals surface area contributed by atoms with E-state index >= 15 is 0 Å². The van der Waals surface area contributed by atoms with E-state index in [1.807, 2.05) is 42.6 Å². The molecule has 0 bridgehead atoms. The van der Waals surface area contributed by atoms with E-state index in [-0.39, 0.29) is 11.6 Å². The highest BCUT2D eigenvalue weighted by atomic mass is 19.1. The summed E-state index contributed by atoms with van der Waals surface area (Å²) in [6.45, 7) is 4.17. The molecule has 0 saturated carbocycles. The van der Waals surface area contributed by atoms with Gasteiger partial charge in [-0.15, -0.1) is 0 Å². The Balaban J connectivity index is 1.06. The van der Waals surface area contributed by atoms with Crippen LogP contribution in [0, 0.1) is 11.6 Å². The molecule has 0 amide bonds. The fourth-order valence-corrected chi connectivity index (χ4v) is 8.65. The third kappa shape index (κ3) is 4.73. The molecule has 8 aromatic carbocycles. The summed E-state index contributed by atoms with van der Waals surface area (Å²) in [4.78, 5) is 0. The fraction of sp³-hybridized carbons (Fsp3) is 0.